The Morgan fingerprint density at radius 1 is 1.22 bits per heavy atom. The minimum Gasteiger partial charge on any atom is -0.378 e. The number of nitrogens with two attached hydrogens (primary N) is 1. The maximum Gasteiger partial charge on any atom is 0.0743 e. The first-order valence-electron chi connectivity index (χ1n) is 6.06. The van der Waals surface area contributed by atoms with Crippen LogP contribution < -0.4 is 16.2 Å². The third-order valence-corrected chi connectivity index (χ3v) is 3.24. The minimum atomic E-state index is 0.784. The van der Waals surface area contributed by atoms with Crippen LogP contribution in [-0.2, 0) is 4.74 Å². The van der Waals surface area contributed by atoms with E-state index in [2.05, 4.69) is 27.4 Å². The number of hydrogen-bond acceptors (Lipinski definition) is 5. The molecule has 0 radical (unpaired) electrons. The molecule has 3 rings (SSSR count). The second-order valence-electron chi connectivity index (χ2n) is 4.31. The normalized spacial score (nSPS) is 15.9. The fourth-order valence-electron chi connectivity index (χ4n) is 2.30. The van der Waals surface area contributed by atoms with Gasteiger partial charge in [0, 0.05) is 30.4 Å². The molecule has 3 N–H and O–H groups in total. The van der Waals surface area contributed by atoms with E-state index in [0.29, 0.717) is 0 Å². The van der Waals surface area contributed by atoms with Gasteiger partial charge in [-0.25, -0.2) is 0 Å². The SMILES string of the molecule is NNc1ccc2c(N3CCOCC3)ccnc2c1. The van der Waals surface area contributed by atoms with Gasteiger partial charge >= 0.3 is 0 Å². The Morgan fingerprint density at radius 3 is 2.83 bits per heavy atom. The van der Waals surface area contributed by atoms with Gasteiger partial charge < -0.3 is 15.1 Å². The number of pyridine rings is 1. The largest absolute Gasteiger partial charge is 0.378 e. The van der Waals surface area contributed by atoms with E-state index >= 15 is 0 Å². The molecule has 1 fully saturated rings. The minimum absolute atomic E-state index is 0.784. The number of morpholine rings is 1. The number of aromatic nitrogens is 1. The standard InChI is InChI=1S/C13H16N4O/c14-16-10-1-2-11-12(9-10)15-4-3-13(11)17-5-7-18-8-6-17/h1-4,9,16H,5-8,14H2. The molecule has 5 heteroatoms. The van der Waals surface area contributed by atoms with E-state index in [1.807, 2.05) is 18.3 Å². The molecule has 94 valence electrons. The maximum atomic E-state index is 5.42. The summed E-state index contributed by atoms with van der Waals surface area (Å²) in [6, 6.07) is 8.04. The van der Waals surface area contributed by atoms with Crippen LogP contribution in [0.15, 0.2) is 30.5 Å². The van der Waals surface area contributed by atoms with Gasteiger partial charge in [-0.3, -0.25) is 10.8 Å². The predicted molar refractivity (Wildman–Crippen MR) is 72.6 cm³/mol. The molecule has 2 heterocycles. The van der Waals surface area contributed by atoms with E-state index in [9.17, 15) is 0 Å². The number of nitrogens with zero attached hydrogens (tertiary/aromatic N) is 2. The van der Waals surface area contributed by atoms with Crippen molar-refractivity contribution in [1.29, 1.82) is 0 Å². The van der Waals surface area contributed by atoms with Crippen molar-refractivity contribution in [3.8, 4) is 0 Å². The van der Waals surface area contributed by atoms with Crippen LogP contribution in [0.25, 0.3) is 10.9 Å². The van der Waals surface area contributed by atoms with Crippen LogP contribution in [0.2, 0.25) is 0 Å². The van der Waals surface area contributed by atoms with Crippen LogP contribution >= 0.6 is 0 Å². The number of rotatable bonds is 2. The quantitative estimate of drug-likeness (QED) is 0.617. The molecule has 0 bridgehead atoms. The van der Waals surface area contributed by atoms with Crippen molar-refractivity contribution in [3.05, 3.63) is 30.5 Å². The molecule has 1 aliphatic heterocycles. The molecule has 1 saturated heterocycles. The van der Waals surface area contributed by atoms with E-state index in [1.165, 1.54) is 5.69 Å². The Morgan fingerprint density at radius 2 is 2.06 bits per heavy atom. The van der Waals surface area contributed by atoms with Gasteiger partial charge in [0.2, 0.25) is 0 Å². The highest BCUT2D eigenvalue weighted by atomic mass is 16.5. The number of hydrogen-bond donors (Lipinski definition) is 2. The molecule has 0 atom stereocenters. The molecule has 0 spiro atoms. The topological polar surface area (TPSA) is 63.4 Å². The summed E-state index contributed by atoms with van der Waals surface area (Å²) in [6.45, 7) is 3.42. The molecule has 18 heavy (non-hydrogen) atoms. The molecule has 1 aromatic carbocycles. The van der Waals surface area contributed by atoms with Gasteiger partial charge in [0.1, 0.15) is 0 Å². The van der Waals surface area contributed by atoms with Crippen molar-refractivity contribution in [2.75, 3.05) is 36.6 Å². The number of nitrogens with one attached hydrogen (secondary N) is 1. The van der Waals surface area contributed by atoms with Crippen LogP contribution in [0.5, 0.6) is 0 Å². The summed E-state index contributed by atoms with van der Waals surface area (Å²) in [5.41, 5.74) is 5.68. The van der Waals surface area contributed by atoms with Crippen molar-refractivity contribution in [1.82, 2.24) is 4.98 Å². The maximum absolute atomic E-state index is 5.42. The number of nitrogen functional groups attached to an aromatic ring is 1. The summed E-state index contributed by atoms with van der Waals surface area (Å²) in [5.74, 6) is 5.42. The Kier molecular flexibility index (Phi) is 3.00. The van der Waals surface area contributed by atoms with Gasteiger partial charge in [-0.15, -0.1) is 0 Å². The van der Waals surface area contributed by atoms with E-state index in [4.69, 9.17) is 10.6 Å². The lowest BCUT2D eigenvalue weighted by Gasteiger charge is -2.29. The van der Waals surface area contributed by atoms with E-state index < -0.39 is 0 Å². The molecule has 0 aliphatic carbocycles. The number of benzene rings is 1. The number of ether oxygens (including phenoxy) is 1. The molecule has 2 aromatic rings. The molecular weight excluding hydrogens is 228 g/mol. The summed E-state index contributed by atoms with van der Waals surface area (Å²) in [4.78, 5) is 6.73. The van der Waals surface area contributed by atoms with Gasteiger partial charge in [0.05, 0.1) is 24.4 Å². The zero-order valence-corrected chi connectivity index (χ0v) is 10.1. The highest BCUT2D eigenvalue weighted by Gasteiger charge is 2.14. The van der Waals surface area contributed by atoms with E-state index in [1.54, 1.807) is 0 Å². The molecule has 1 aromatic heterocycles. The predicted octanol–water partition coefficient (Wildman–Crippen LogP) is 1.36. The lowest BCUT2D eigenvalue weighted by molar-refractivity contribution is 0.123. The molecular formula is C13H16N4O. The fraction of sp³-hybridized carbons (Fsp3) is 0.308. The lowest BCUT2D eigenvalue weighted by atomic mass is 10.1. The fourth-order valence-corrected chi connectivity index (χ4v) is 2.30. The first kappa shape index (κ1) is 11.3. The Hall–Kier alpha value is -1.85. The number of fused-ring (bicyclic) bond motifs is 1. The van der Waals surface area contributed by atoms with Crippen LogP contribution in [0.4, 0.5) is 11.4 Å². The second kappa shape index (κ2) is 4.80. The van der Waals surface area contributed by atoms with Crippen molar-refractivity contribution in [2.24, 2.45) is 5.84 Å². The van der Waals surface area contributed by atoms with Gasteiger partial charge in [-0.1, -0.05) is 0 Å². The van der Waals surface area contributed by atoms with Gasteiger partial charge in [-0.2, -0.15) is 0 Å². The summed E-state index contributed by atoms with van der Waals surface area (Å²) in [5, 5.41) is 1.15. The van der Waals surface area contributed by atoms with Crippen molar-refractivity contribution >= 4 is 22.3 Å². The average Bonchev–Trinajstić information content (AvgIpc) is 2.47. The molecule has 0 saturated carbocycles. The molecule has 1 aliphatic rings. The van der Waals surface area contributed by atoms with Gasteiger partial charge in [-0.05, 0) is 24.3 Å². The van der Waals surface area contributed by atoms with E-state index in [0.717, 1.165) is 42.9 Å². The Labute approximate surface area is 106 Å². The summed E-state index contributed by atoms with van der Waals surface area (Å²) in [6.07, 6.45) is 1.84. The molecule has 0 unspecified atom stereocenters. The van der Waals surface area contributed by atoms with Gasteiger partial charge in [0.15, 0.2) is 0 Å². The van der Waals surface area contributed by atoms with Crippen LogP contribution in [0.1, 0.15) is 0 Å². The second-order valence-corrected chi connectivity index (χ2v) is 4.31. The van der Waals surface area contributed by atoms with Crippen molar-refractivity contribution in [2.45, 2.75) is 0 Å². The molecule has 0 amide bonds. The zero-order valence-electron chi connectivity index (χ0n) is 10.1. The van der Waals surface area contributed by atoms with Gasteiger partial charge in [0.25, 0.3) is 0 Å². The van der Waals surface area contributed by atoms with Crippen molar-refractivity contribution < 1.29 is 4.74 Å². The lowest BCUT2D eigenvalue weighted by Crippen LogP contribution is -2.36. The first-order chi connectivity index (χ1) is 8.88. The first-order valence-corrected chi connectivity index (χ1v) is 6.06. The number of anilines is 2. The van der Waals surface area contributed by atoms with Crippen molar-refractivity contribution in [3.63, 3.8) is 0 Å². The van der Waals surface area contributed by atoms with E-state index in [-0.39, 0.29) is 0 Å². The number of hydrazine groups is 1. The highest BCUT2D eigenvalue weighted by Crippen LogP contribution is 2.27. The third-order valence-electron chi connectivity index (χ3n) is 3.24. The third kappa shape index (κ3) is 1.98. The summed E-state index contributed by atoms with van der Waals surface area (Å²) < 4.78 is 5.39. The monoisotopic (exact) mass is 244 g/mol. The highest BCUT2D eigenvalue weighted by molar-refractivity contribution is 5.93. The Bertz CT molecular complexity index is 552. The van der Waals surface area contributed by atoms with Crippen LogP contribution in [0, 0.1) is 0 Å². The van der Waals surface area contributed by atoms with Crippen LogP contribution in [-0.4, -0.2) is 31.3 Å². The Balaban J connectivity index is 2.05. The summed E-state index contributed by atoms with van der Waals surface area (Å²) in [7, 11) is 0. The van der Waals surface area contributed by atoms with Crippen LogP contribution in [0.3, 0.4) is 0 Å². The molecule has 5 nitrogen and oxygen atoms in total. The summed E-state index contributed by atoms with van der Waals surface area (Å²) >= 11 is 0. The zero-order chi connectivity index (χ0) is 12.4. The average molecular weight is 244 g/mol. The smallest absolute Gasteiger partial charge is 0.0743 e.